The van der Waals surface area contributed by atoms with Crippen molar-refractivity contribution in [2.45, 2.75) is 0 Å². The van der Waals surface area contributed by atoms with E-state index in [1.165, 1.54) is 11.3 Å². The Morgan fingerprint density at radius 3 is 2.85 bits per heavy atom. The van der Waals surface area contributed by atoms with E-state index in [2.05, 4.69) is 22.0 Å². The van der Waals surface area contributed by atoms with E-state index in [9.17, 15) is 0 Å². The normalized spacial score (nSPS) is 10.2. The van der Waals surface area contributed by atoms with Gasteiger partial charge in [0.15, 0.2) is 0 Å². The lowest BCUT2D eigenvalue weighted by molar-refractivity contribution is 1.52. The molecule has 0 fully saturated rings. The number of nitrogens with two attached hydrogens (primary N) is 1. The molecular formula is C9H5BrN2S. The van der Waals surface area contributed by atoms with Crippen molar-refractivity contribution < 1.29 is 0 Å². The lowest BCUT2D eigenvalue weighted by Gasteiger charge is -1.92. The Bertz CT molecular complexity index is 510. The summed E-state index contributed by atoms with van der Waals surface area (Å²) in [5, 5.41) is 9.73. The van der Waals surface area contributed by atoms with Crippen molar-refractivity contribution in [1.29, 1.82) is 5.26 Å². The highest BCUT2D eigenvalue weighted by atomic mass is 79.9. The maximum absolute atomic E-state index is 8.78. The molecule has 0 unspecified atom stereocenters. The number of hydrogen-bond acceptors (Lipinski definition) is 3. The molecule has 1 aromatic heterocycles. The lowest BCUT2D eigenvalue weighted by atomic mass is 10.2. The Kier molecular flexibility index (Phi) is 1.98. The van der Waals surface area contributed by atoms with Crippen LogP contribution < -0.4 is 5.73 Å². The van der Waals surface area contributed by atoms with Gasteiger partial charge in [-0.3, -0.25) is 0 Å². The van der Waals surface area contributed by atoms with Crippen molar-refractivity contribution >= 4 is 43.0 Å². The Balaban J connectivity index is 2.94. The number of rotatable bonds is 0. The number of nitrogens with zero attached hydrogens (tertiary/aromatic N) is 1. The third-order valence-corrected chi connectivity index (χ3v) is 3.89. The summed E-state index contributed by atoms with van der Waals surface area (Å²) in [7, 11) is 0. The van der Waals surface area contributed by atoms with Crippen molar-refractivity contribution in [1.82, 2.24) is 0 Å². The summed E-state index contributed by atoms with van der Waals surface area (Å²) in [4.78, 5) is 0.585. The van der Waals surface area contributed by atoms with Gasteiger partial charge in [-0.15, -0.1) is 11.3 Å². The van der Waals surface area contributed by atoms with Crippen LogP contribution in [-0.2, 0) is 0 Å². The van der Waals surface area contributed by atoms with Gasteiger partial charge in [-0.1, -0.05) is 12.1 Å². The summed E-state index contributed by atoms with van der Waals surface area (Å²) < 4.78 is 2.03. The predicted molar refractivity (Wildman–Crippen MR) is 58.7 cm³/mol. The molecular weight excluding hydrogens is 248 g/mol. The number of nitriles is 1. The first kappa shape index (κ1) is 8.54. The minimum atomic E-state index is 0.585. The first-order valence-corrected chi connectivity index (χ1v) is 5.21. The topological polar surface area (TPSA) is 49.8 Å². The summed E-state index contributed by atoms with van der Waals surface area (Å²) in [6, 6.07) is 7.87. The number of hydrogen-bond donors (Lipinski definition) is 1. The molecule has 0 spiro atoms. The third kappa shape index (κ3) is 1.21. The molecule has 2 rings (SSSR count). The molecule has 1 heterocycles. The Hall–Kier alpha value is -1.05. The Labute approximate surface area is 87.7 Å². The van der Waals surface area contributed by atoms with Crippen molar-refractivity contribution in [2.24, 2.45) is 0 Å². The third-order valence-electron chi connectivity index (χ3n) is 1.81. The van der Waals surface area contributed by atoms with E-state index >= 15 is 0 Å². The number of halogens is 1. The van der Waals surface area contributed by atoms with E-state index in [1.807, 2.05) is 18.2 Å². The molecule has 2 N–H and O–H groups in total. The van der Waals surface area contributed by atoms with Gasteiger partial charge in [0.1, 0.15) is 10.9 Å². The molecule has 64 valence electrons. The smallest absolute Gasteiger partial charge is 0.129 e. The molecule has 0 atom stereocenters. The SMILES string of the molecule is N#Cc1sc2c(Br)cccc2c1N. The molecule has 0 aliphatic carbocycles. The van der Waals surface area contributed by atoms with Crippen LogP contribution in [0.4, 0.5) is 5.69 Å². The van der Waals surface area contributed by atoms with Gasteiger partial charge in [0.2, 0.25) is 0 Å². The molecule has 4 heteroatoms. The maximum Gasteiger partial charge on any atom is 0.129 e. The number of thiophene rings is 1. The van der Waals surface area contributed by atoms with Crippen LogP contribution in [0.15, 0.2) is 22.7 Å². The highest BCUT2D eigenvalue weighted by molar-refractivity contribution is 9.10. The molecule has 2 aromatic rings. The molecule has 1 aromatic carbocycles. The van der Waals surface area contributed by atoms with E-state index in [0.29, 0.717) is 10.6 Å². The van der Waals surface area contributed by atoms with Crippen LogP contribution in [0.2, 0.25) is 0 Å². The minimum Gasteiger partial charge on any atom is -0.396 e. The first-order chi connectivity index (χ1) is 6.24. The van der Waals surface area contributed by atoms with Crippen LogP contribution in [0.3, 0.4) is 0 Å². The molecule has 0 aliphatic heterocycles. The maximum atomic E-state index is 8.78. The molecule has 0 aliphatic rings. The van der Waals surface area contributed by atoms with Gasteiger partial charge < -0.3 is 5.73 Å². The zero-order chi connectivity index (χ0) is 9.42. The molecule has 13 heavy (non-hydrogen) atoms. The summed E-state index contributed by atoms with van der Waals surface area (Å²) in [6.45, 7) is 0. The van der Waals surface area contributed by atoms with Gasteiger partial charge in [-0.2, -0.15) is 5.26 Å². The van der Waals surface area contributed by atoms with Crippen molar-refractivity contribution in [3.8, 4) is 6.07 Å². The van der Waals surface area contributed by atoms with Gasteiger partial charge in [0.25, 0.3) is 0 Å². The standard InChI is InChI=1S/C9H5BrN2S/c10-6-3-1-2-5-8(12)7(4-11)13-9(5)6/h1-3H,12H2. The summed E-state index contributed by atoms with van der Waals surface area (Å²) in [6.07, 6.45) is 0. The summed E-state index contributed by atoms with van der Waals surface area (Å²) in [5.41, 5.74) is 6.37. The van der Waals surface area contributed by atoms with Crippen LogP contribution >= 0.6 is 27.3 Å². The van der Waals surface area contributed by atoms with Gasteiger partial charge >= 0.3 is 0 Å². The fraction of sp³-hybridized carbons (Fsp3) is 0. The molecule has 0 saturated heterocycles. The number of nitrogen functional groups attached to an aromatic ring is 1. The zero-order valence-corrected chi connectivity index (χ0v) is 8.95. The van der Waals surface area contributed by atoms with Crippen molar-refractivity contribution in [3.63, 3.8) is 0 Å². The first-order valence-electron chi connectivity index (χ1n) is 3.60. The molecule has 0 bridgehead atoms. The number of fused-ring (bicyclic) bond motifs is 1. The van der Waals surface area contributed by atoms with Gasteiger partial charge in [-0.25, -0.2) is 0 Å². The van der Waals surface area contributed by atoms with Crippen molar-refractivity contribution in [2.75, 3.05) is 5.73 Å². The van der Waals surface area contributed by atoms with Crippen LogP contribution in [0.1, 0.15) is 4.88 Å². The second kappa shape index (κ2) is 3.02. The van der Waals surface area contributed by atoms with Gasteiger partial charge in [0, 0.05) is 9.86 Å². The van der Waals surface area contributed by atoms with Gasteiger partial charge in [-0.05, 0) is 22.0 Å². The molecule has 0 amide bonds. The van der Waals surface area contributed by atoms with Crippen molar-refractivity contribution in [3.05, 3.63) is 27.5 Å². The largest absolute Gasteiger partial charge is 0.396 e. The van der Waals surface area contributed by atoms with E-state index in [-0.39, 0.29) is 0 Å². The van der Waals surface area contributed by atoms with Crippen LogP contribution in [-0.4, -0.2) is 0 Å². The summed E-state index contributed by atoms with van der Waals surface area (Å²) in [5.74, 6) is 0. The van der Waals surface area contributed by atoms with E-state index in [0.717, 1.165) is 14.6 Å². The van der Waals surface area contributed by atoms with Gasteiger partial charge in [0.05, 0.1) is 10.4 Å². The number of anilines is 1. The summed E-state index contributed by atoms with van der Waals surface area (Å²) >= 11 is 4.84. The van der Waals surface area contributed by atoms with Crippen LogP contribution in [0, 0.1) is 11.3 Å². The second-order valence-corrected chi connectivity index (χ2v) is 4.45. The quantitative estimate of drug-likeness (QED) is 0.784. The van der Waals surface area contributed by atoms with Crippen LogP contribution in [0.5, 0.6) is 0 Å². The Morgan fingerprint density at radius 2 is 2.23 bits per heavy atom. The second-order valence-electron chi connectivity index (χ2n) is 2.57. The van der Waals surface area contributed by atoms with E-state index < -0.39 is 0 Å². The highest BCUT2D eigenvalue weighted by Gasteiger charge is 2.09. The monoisotopic (exact) mass is 252 g/mol. The Morgan fingerprint density at radius 1 is 1.46 bits per heavy atom. The number of benzene rings is 1. The average Bonchev–Trinajstić information content (AvgIpc) is 2.45. The predicted octanol–water partition coefficient (Wildman–Crippen LogP) is 3.12. The van der Waals surface area contributed by atoms with E-state index in [1.54, 1.807) is 0 Å². The van der Waals surface area contributed by atoms with E-state index in [4.69, 9.17) is 11.0 Å². The minimum absolute atomic E-state index is 0.585. The fourth-order valence-electron chi connectivity index (χ4n) is 1.19. The lowest BCUT2D eigenvalue weighted by Crippen LogP contribution is -1.83. The van der Waals surface area contributed by atoms with Crippen LogP contribution in [0.25, 0.3) is 10.1 Å². The fourth-order valence-corrected chi connectivity index (χ4v) is 2.72. The molecule has 2 nitrogen and oxygen atoms in total. The highest BCUT2D eigenvalue weighted by Crippen LogP contribution is 2.37. The average molecular weight is 253 g/mol. The molecule has 0 radical (unpaired) electrons. The zero-order valence-electron chi connectivity index (χ0n) is 6.54. The molecule has 0 saturated carbocycles.